The number of carbonyl (C=O) groups excluding carboxylic acids is 1. The van der Waals surface area contributed by atoms with Crippen LogP contribution in [0, 0.1) is 0 Å². The summed E-state index contributed by atoms with van der Waals surface area (Å²) in [4.78, 5) is 28.7. The molecule has 0 fully saturated rings. The molecule has 7 heteroatoms. The molecule has 132 valence electrons. The third-order valence-corrected chi connectivity index (χ3v) is 4.80. The van der Waals surface area contributed by atoms with Crippen molar-refractivity contribution in [1.29, 1.82) is 0 Å². The van der Waals surface area contributed by atoms with E-state index in [-0.39, 0.29) is 22.2 Å². The summed E-state index contributed by atoms with van der Waals surface area (Å²) in [6, 6.07) is 16.6. The van der Waals surface area contributed by atoms with Gasteiger partial charge in [-0.3, -0.25) is 14.2 Å². The van der Waals surface area contributed by atoms with Crippen LogP contribution >= 0.6 is 23.4 Å². The Kier molecular flexibility index (Phi) is 6.09. The predicted molar refractivity (Wildman–Crippen MR) is 104 cm³/mol. The van der Waals surface area contributed by atoms with Crippen LogP contribution in [-0.4, -0.2) is 21.2 Å². The summed E-state index contributed by atoms with van der Waals surface area (Å²) in [5, 5.41) is 3.70. The first kappa shape index (κ1) is 18.2. The molecule has 1 N–H and O–H groups in total. The molecule has 1 amide bonds. The number of nitrogens with zero attached hydrogens (tertiary/aromatic N) is 2. The summed E-state index contributed by atoms with van der Waals surface area (Å²) in [5.74, 6) is -0.0263. The van der Waals surface area contributed by atoms with Gasteiger partial charge in [0.2, 0.25) is 5.91 Å². The monoisotopic (exact) mass is 385 g/mol. The third kappa shape index (κ3) is 4.74. The van der Waals surface area contributed by atoms with E-state index >= 15 is 0 Å². The first-order chi connectivity index (χ1) is 12.6. The van der Waals surface area contributed by atoms with E-state index in [1.165, 1.54) is 4.57 Å². The van der Waals surface area contributed by atoms with Crippen LogP contribution in [0.2, 0.25) is 5.02 Å². The maximum Gasteiger partial charge on any atom is 0.287 e. The van der Waals surface area contributed by atoms with Crippen LogP contribution in [0.3, 0.4) is 0 Å². The molecule has 0 spiro atoms. The molecule has 5 nitrogen and oxygen atoms in total. The van der Waals surface area contributed by atoms with Crippen molar-refractivity contribution in [3.63, 3.8) is 0 Å². The normalized spacial score (nSPS) is 10.5. The minimum absolute atomic E-state index is 0.125. The van der Waals surface area contributed by atoms with Crippen LogP contribution in [0.5, 0.6) is 0 Å². The highest BCUT2D eigenvalue weighted by Crippen LogP contribution is 2.14. The Morgan fingerprint density at radius 1 is 1.12 bits per heavy atom. The number of rotatable bonds is 6. The van der Waals surface area contributed by atoms with E-state index in [9.17, 15) is 9.59 Å². The molecule has 0 bridgehead atoms. The van der Waals surface area contributed by atoms with Gasteiger partial charge in [-0.25, -0.2) is 4.98 Å². The average Bonchev–Trinajstić information content (AvgIpc) is 2.67. The molecule has 0 unspecified atom stereocenters. The van der Waals surface area contributed by atoms with Crippen molar-refractivity contribution in [3.05, 3.63) is 87.9 Å². The van der Waals surface area contributed by atoms with Crippen LogP contribution in [0.4, 0.5) is 0 Å². The Bertz CT molecular complexity index is 943. The van der Waals surface area contributed by atoms with E-state index in [0.717, 1.165) is 17.3 Å². The number of hydrogen-bond acceptors (Lipinski definition) is 4. The first-order valence-electron chi connectivity index (χ1n) is 7.90. The lowest BCUT2D eigenvalue weighted by molar-refractivity contribution is -0.118. The maximum atomic E-state index is 12.6. The zero-order valence-electron chi connectivity index (χ0n) is 13.8. The Morgan fingerprint density at radius 2 is 1.85 bits per heavy atom. The molecule has 0 radical (unpaired) electrons. The number of aromatic nitrogens is 2. The highest BCUT2D eigenvalue weighted by atomic mass is 35.5. The SMILES string of the molecule is O=C(CSc1nccn(-c2ccc(Cl)cc2)c1=O)NCc1ccccc1. The lowest BCUT2D eigenvalue weighted by Crippen LogP contribution is -2.26. The van der Waals surface area contributed by atoms with Gasteiger partial charge in [0.15, 0.2) is 5.03 Å². The van der Waals surface area contributed by atoms with Gasteiger partial charge < -0.3 is 5.32 Å². The van der Waals surface area contributed by atoms with E-state index in [1.54, 1.807) is 36.7 Å². The quantitative estimate of drug-likeness (QED) is 0.661. The standard InChI is InChI=1S/C19H16ClN3O2S/c20-15-6-8-16(9-7-15)23-11-10-21-18(19(23)25)26-13-17(24)22-12-14-4-2-1-3-5-14/h1-11H,12-13H2,(H,22,24). The average molecular weight is 386 g/mol. The second-order valence-electron chi connectivity index (χ2n) is 5.43. The van der Waals surface area contributed by atoms with Crippen LogP contribution in [-0.2, 0) is 11.3 Å². The minimum atomic E-state index is -0.268. The maximum absolute atomic E-state index is 12.6. The molecule has 0 aliphatic carbocycles. The van der Waals surface area contributed by atoms with Gasteiger partial charge in [0.05, 0.1) is 5.75 Å². The Morgan fingerprint density at radius 3 is 2.58 bits per heavy atom. The molecular weight excluding hydrogens is 370 g/mol. The highest BCUT2D eigenvalue weighted by molar-refractivity contribution is 7.99. The van der Waals surface area contributed by atoms with Crippen LogP contribution in [0.25, 0.3) is 5.69 Å². The summed E-state index contributed by atoms with van der Waals surface area (Å²) in [5.41, 5.74) is 1.45. The molecular formula is C19H16ClN3O2S. The van der Waals surface area contributed by atoms with Gasteiger partial charge in [0.1, 0.15) is 0 Å². The molecule has 0 aliphatic heterocycles. The molecule has 3 rings (SSSR count). The number of benzene rings is 2. The van der Waals surface area contributed by atoms with Gasteiger partial charge in [-0.05, 0) is 29.8 Å². The number of carbonyl (C=O) groups is 1. The van der Waals surface area contributed by atoms with E-state index in [0.29, 0.717) is 17.3 Å². The van der Waals surface area contributed by atoms with Crippen LogP contribution in [0.1, 0.15) is 5.56 Å². The fraction of sp³-hybridized carbons (Fsp3) is 0.105. The Hall–Kier alpha value is -2.57. The lowest BCUT2D eigenvalue weighted by Gasteiger charge is -2.08. The molecule has 2 aromatic carbocycles. The number of hydrogen-bond donors (Lipinski definition) is 1. The second-order valence-corrected chi connectivity index (χ2v) is 6.84. The molecule has 1 heterocycles. The summed E-state index contributed by atoms with van der Waals surface area (Å²) >= 11 is 7.00. The first-order valence-corrected chi connectivity index (χ1v) is 9.27. The predicted octanol–water partition coefficient (Wildman–Crippen LogP) is 3.29. The summed E-state index contributed by atoms with van der Waals surface area (Å²) < 4.78 is 1.48. The molecule has 0 atom stereocenters. The van der Waals surface area contributed by atoms with E-state index in [2.05, 4.69) is 10.3 Å². The zero-order valence-corrected chi connectivity index (χ0v) is 15.3. The van der Waals surface area contributed by atoms with Gasteiger partial charge in [-0.2, -0.15) is 0 Å². The number of nitrogens with one attached hydrogen (secondary N) is 1. The molecule has 3 aromatic rings. The van der Waals surface area contributed by atoms with Crippen molar-refractivity contribution < 1.29 is 4.79 Å². The lowest BCUT2D eigenvalue weighted by atomic mass is 10.2. The summed E-state index contributed by atoms with van der Waals surface area (Å²) in [6.45, 7) is 0.456. The van der Waals surface area contributed by atoms with Crippen molar-refractivity contribution in [1.82, 2.24) is 14.9 Å². The Labute approximate surface area is 160 Å². The molecule has 0 aliphatic rings. The number of amides is 1. The van der Waals surface area contributed by atoms with Gasteiger partial charge in [-0.1, -0.05) is 53.7 Å². The topological polar surface area (TPSA) is 64.0 Å². The van der Waals surface area contributed by atoms with Crippen molar-refractivity contribution in [2.24, 2.45) is 0 Å². The second kappa shape index (κ2) is 8.69. The van der Waals surface area contributed by atoms with E-state index in [4.69, 9.17) is 11.6 Å². The van der Waals surface area contributed by atoms with Gasteiger partial charge in [0.25, 0.3) is 5.56 Å². The van der Waals surface area contributed by atoms with E-state index in [1.807, 2.05) is 30.3 Å². The number of halogens is 1. The summed E-state index contributed by atoms with van der Waals surface area (Å²) in [7, 11) is 0. The Balaban J connectivity index is 1.63. The summed E-state index contributed by atoms with van der Waals surface area (Å²) in [6.07, 6.45) is 3.13. The van der Waals surface area contributed by atoms with Crippen LogP contribution < -0.4 is 10.9 Å². The van der Waals surface area contributed by atoms with Crippen molar-refractivity contribution in [2.45, 2.75) is 11.6 Å². The van der Waals surface area contributed by atoms with Gasteiger partial charge >= 0.3 is 0 Å². The van der Waals surface area contributed by atoms with E-state index < -0.39 is 0 Å². The third-order valence-electron chi connectivity index (χ3n) is 3.59. The molecule has 0 saturated heterocycles. The fourth-order valence-electron chi connectivity index (χ4n) is 2.28. The molecule has 1 aromatic heterocycles. The number of thioether (sulfide) groups is 1. The van der Waals surface area contributed by atoms with Crippen molar-refractivity contribution >= 4 is 29.3 Å². The van der Waals surface area contributed by atoms with Crippen molar-refractivity contribution in [3.8, 4) is 5.69 Å². The zero-order chi connectivity index (χ0) is 18.4. The van der Waals surface area contributed by atoms with Gasteiger partial charge in [-0.15, -0.1) is 0 Å². The fourth-order valence-corrected chi connectivity index (χ4v) is 3.13. The van der Waals surface area contributed by atoms with Crippen molar-refractivity contribution in [2.75, 3.05) is 5.75 Å². The largest absolute Gasteiger partial charge is 0.351 e. The molecule has 26 heavy (non-hydrogen) atoms. The molecule has 0 saturated carbocycles. The highest BCUT2D eigenvalue weighted by Gasteiger charge is 2.10. The van der Waals surface area contributed by atoms with Crippen LogP contribution in [0.15, 0.2) is 76.8 Å². The smallest absolute Gasteiger partial charge is 0.287 e. The van der Waals surface area contributed by atoms with Gasteiger partial charge in [0, 0.05) is 29.6 Å². The minimum Gasteiger partial charge on any atom is -0.351 e.